The number of β-amino-alcohol motifs (C(OH)–C–C–N with tert-alkyl or cyclic N) is 1. The highest BCUT2D eigenvalue weighted by Crippen LogP contribution is 2.42. The van der Waals surface area contributed by atoms with E-state index in [2.05, 4.69) is 9.80 Å². The Hall–Kier alpha value is -2.08. The molecule has 0 bridgehead atoms. The topological polar surface area (TPSA) is 48.3 Å². The summed E-state index contributed by atoms with van der Waals surface area (Å²) >= 11 is 6.38. The molecule has 2 aliphatic rings. The van der Waals surface area contributed by atoms with Crippen molar-refractivity contribution < 1.29 is 9.84 Å². The van der Waals surface area contributed by atoms with Crippen LogP contribution >= 0.6 is 11.6 Å². The van der Waals surface area contributed by atoms with Crippen LogP contribution in [0.25, 0.3) is 0 Å². The molecule has 0 amide bonds. The van der Waals surface area contributed by atoms with Crippen molar-refractivity contribution in [3.8, 4) is 11.5 Å². The number of hydrogen-bond donors (Lipinski definition) is 1. The molecule has 4 rings (SSSR count). The average Bonchev–Trinajstić information content (AvgIpc) is 2.80. The summed E-state index contributed by atoms with van der Waals surface area (Å²) in [5.41, 5.74) is 1.65. The molecule has 0 saturated carbocycles. The lowest BCUT2D eigenvalue weighted by Crippen LogP contribution is -2.49. The molecule has 2 aromatic rings. The third-order valence-electron chi connectivity index (χ3n) is 4.60. The zero-order valence-corrected chi connectivity index (χ0v) is 14.6. The SMILES string of the molecule is OCCN1CCN(C2=Nc3c(Cl)cccc3Oc3ccccc32)CC1. The molecule has 25 heavy (non-hydrogen) atoms. The molecule has 2 heterocycles. The fourth-order valence-corrected chi connectivity index (χ4v) is 3.49. The Morgan fingerprint density at radius 2 is 1.76 bits per heavy atom. The highest BCUT2D eigenvalue weighted by Gasteiger charge is 2.26. The number of aliphatic imine (C=N–C) groups is 1. The second-order valence-electron chi connectivity index (χ2n) is 6.17. The number of fused-ring (bicyclic) bond motifs is 2. The number of piperazine rings is 1. The van der Waals surface area contributed by atoms with E-state index < -0.39 is 0 Å². The number of hydrogen-bond acceptors (Lipinski definition) is 5. The molecule has 2 aliphatic heterocycles. The Morgan fingerprint density at radius 1 is 1.00 bits per heavy atom. The van der Waals surface area contributed by atoms with Crippen molar-refractivity contribution in [1.82, 2.24) is 9.80 Å². The van der Waals surface area contributed by atoms with Gasteiger partial charge in [0.05, 0.1) is 17.2 Å². The maximum atomic E-state index is 9.13. The number of benzene rings is 2. The lowest BCUT2D eigenvalue weighted by atomic mass is 10.1. The van der Waals surface area contributed by atoms with E-state index in [1.54, 1.807) is 0 Å². The zero-order chi connectivity index (χ0) is 17.2. The molecule has 0 atom stereocenters. The van der Waals surface area contributed by atoms with Gasteiger partial charge in [0.2, 0.25) is 0 Å². The number of ether oxygens (including phenoxy) is 1. The molecule has 5 nitrogen and oxygen atoms in total. The van der Waals surface area contributed by atoms with Gasteiger partial charge in [-0.05, 0) is 24.3 Å². The summed E-state index contributed by atoms with van der Waals surface area (Å²) in [5, 5.41) is 9.71. The monoisotopic (exact) mass is 357 g/mol. The van der Waals surface area contributed by atoms with Crippen LogP contribution in [-0.2, 0) is 0 Å². The van der Waals surface area contributed by atoms with E-state index in [0.717, 1.165) is 43.3 Å². The fraction of sp³-hybridized carbons (Fsp3) is 0.316. The lowest BCUT2D eigenvalue weighted by Gasteiger charge is -2.36. The van der Waals surface area contributed by atoms with Crippen LogP contribution in [0.15, 0.2) is 47.5 Å². The maximum absolute atomic E-state index is 9.13. The van der Waals surface area contributed by atoms with Gasteiger partial charge in [0.15, 0.2) is 5.75 Å². The number of aliphatic hydroxyl groups excluding tert-OH is 1. The van der Waals surface area contributed by atoms with E-state index in [9.17, 15) is 0 Å². The third-order valence-corrected chi connectivity index (χ3v) is 4.91. The van der Waals surface area contributed by atoms with E-state index >= 15 is 0 Å². The molecular formula is C19H20ClN3O2. The van der Waals surface area contributed by atoms with Crippen molar-refractivity contribution in [2.45, 2.75) is 0 Å². The number of halogens is 1. The lowest BCUT2D eigenvalue weighted by molar-refractivity contribution is 0.147. The van der Waals surface area contributed by atoms with Crippen LogP contribution in [0.2, 0.25) is 5.02 Å². The first-order valence-corrected chi connectivity index (χ1v) is 8.86. The highest BCUT2D eigenvalue weighted by atomic mass is 35.5. The summed E-state index contributed by atoms with van der Waals surface area (Å²) in [6, 6.07) is 13.6. The summed E-state index contributed by atoms with van der Waals surface area (Å²) in [4.78, 5) is 9.43. The standard InChI is InChI=1S/C19H20ClN3O2/c20-15-5-3-7-17-18(15)21-19(14-4-1-2-6-16(14)25-17)23-10-8-22(9-11-23)12-13-24/h1-7,24H,8-13H2. The van der Waals surface area contributed by atoms with Crippen LogP contribution in [0.4, 0.5) is 5.69 Å². The maximum Gasteiger partial charge on any atom is 0.154 e. The first-order valence-electron chi connectivity index (χ1n) is 8.49. The summed E-state index contributed by atoms with van der Waals surface area (Å²) < 4.78 is 6.09. The van der Waals surface area contributed by atoms with Crippen LogP contribution in [-0.4, -0.2) is 60.1 Å². The van der Waals surface area contributed by atoms with E-state index in [1.807, 2.05) is 42.5 Å². The first-order chi connectivity index (χ1) is 12.3. The second kappa shape index (κ2) is 7.04. The summed E-state index contributed by atoms with van der Waals surface area (Å²) in [6.07, 6.45) is 0. The molecule has 0 unspecified atom stereocenters. The molecule has 0 spiro atoms. The molecule has 6 heteroatoms. The Morgan fingerprint density at radius 3 is 2.56 bits per heavy atom. The van der Waals surface area contributed by atoms with Gasteiger partial charge in [-0.15, -0.1) is 0 Å². The molecule has 130 valence electrons. The quantitative estimate of drug-likeness (QED) is 0.897. The third kappa shape index (κ3) is 3.23. The van der Waals surface area contributed by atoms with Crippen molar-refractivity contribution in [2.75, 3.05) is 39.3 Å². The predicted octanol–water partition coefficient (Wildman–Crippen LogP) is 3.13. The Labute approximate surface area is 152 Å². The van der Waals surface area contributed by atoms with Crippen LogP contribution in [0.1, 0.15) is 5.56 Å². The Balaban J connectivity index is 1.73. The van der Waals surface area contributed by atoms with E-state index in [1.165, 1.54) is 0 Å². The minimum atomic E-state index is 0.195. The van der Waals surface area contributed by atoms with Gasteiger partial charge >= 0.3 is 0 Å². The van der Waals surface area contributed by atoms with E-state index in [4.69, 9.17) is 26.4 Å². The zero-order valence-electron chi connectivity index (χ0n) is 13.9. The van der Waals surface area contributed by atoms with E-state index in [0.29, 0.717) is 23.0 Å². The van der Waals surface area contributed by atoms with Gasteiger partial charge in [0, 0.05) is 32.7 Å². The van der Waals surface area contributed by atoms with Crippen molar-refractivity contribution in [3.05, 3.63) is 53.1 Å². The van der Waals surface area contributed by atoms with Crippen molar-refractivity contribution in [1.29, 1.82) is 0 Å². The number of para-hydroxylation sites is 2. The predicted molar refractivity (Wildman–Crippen MR) is 99.3 cm³/mol. The molecule has 0 radical (unpaired) electrons. The minimum Gasteiger partial charge on any atom is -0.454 e. The second-order valence-corrected chi connectivity index (χ2v) is 6.58. The van der Waals surface area contributed by atoms with Crippen LogP contribution in [0, 0.1) is 0 Å². The molecule has 1 saturated heterocycles. The smallest absolute Gasteiger partial charge is 0.154 e. The van der Waals surface area contributed by atoms with Gasteiger partial charge in [0.1, 0.15) is 17.3 Å². The highest BCUT2D eigenvalue weighted by molar-refractivity contribution is 6.33. The van der Waals surface area contributed by atoms with Gasteiger partial charge in [0.25, 0.3) is 0 Å². The largest absolute Gasteiger partial charge is 0.454 e. The van der Waals surface area contributed by atoms with Gasteiger partial charge in [-0.2, -0.15) is 0 Å². The number of aliphatic hydroxyl groups is 1. The van der Waals surface area contributed by atoms with Crippen molar-refractivity contribution in [2.24, 2.45) is 4.99 Å². The number of nitrogens with zero attached hydrogens (tertiary/aromatic N) is 3. The van der Waals surface area contributed by atoms with Gasteiger partial charge in [-0.1, -0.05) is 29.8 Å². The summed E-state index contributed by atoms with van der Waals surface area (Å²) in [5.74, 6) is 2.36. The summed E-state index contributed by atoms with van der Waals surface area (Å²) in [7, 11) is 0. The van der Waals surface area contributed by atoms with Crippen LogP contribution in [0.3, 0.4) is 0 Å². The van der Waals surface area contributed by atoms with Crippen molar-refractivity contribution >= 4 is 23.1 Å². The van der Waals surface area contributed by atoms with Crippen molar-refractivity contribution in [3.63, 3.8) is 0 Å². The number of amidine groups is 1. The van der Waals surface area contributed by atoms with Crippen LogP contribution < -0.4 is 4.74 Å². The first kappa shape index (κ1) is 16.4. The molecule has 0 aliphatic carbocycles. The van der Waals surface area contributed by atoms with E-state index in [-0.39, 0.29) is 6.61 Å². The normalized spacial score (nSPS) is 17.2. The minimum absolute atomic E-state index is 0.195. The van der Waals surface area contributed by atoms with Gasteiger partial charge in [-0.3, -0.25) is 4.90 Å². The van der Waals surface area contributed by atoms with Gasteiger partial charge < -0.3 is 14.7 Å². The Kier molecular flexibility index (Phi) is 4.61. The molecule has 1 fully saturated rings. The number of rotatable bonds is 2. The molecule has 1 N–H and O–H groups in total. The van der Waals surface area contributed by atoms with Crippen LogP contribution in [0.5, 0.6) is 11.5 Å². The molecular weight excluding hydrogens is 338 g/mol. The fourth-order valence-electron chi connectivity index (χ4n) is 3.28. The molecule has 2 aromatic carbocycles. The molecule has 0 aromatic heterocycles. The summed E-state index contributed by atoms with van der Waals surface area (Å²) in [6.45, 7) is 4.42. The Bertz CT molecular complexity index is 801. The van der Waals surface area contributed by atoms with Gasteiger partial charge in [-0.25, -0.2) is 4.99 Å². The average molecular weight is 358 g/mol.